The summed E-state index contributed by atoms with van der Waals surface area (Å²) in [5.41, 5.74) is 0.576. The second kappa shape index (κ2) is 5.94. The van der Waals surface area contributed by atoms with Crippen molar-refractivity contribution in [3.05, 3.63) is 34.9 Å². The number of carbonyl (C=O) groups is 1. The summed E-state index contributed by atoms with van der Waals surface area (Å²) >= 11 is 0. The van der Waals surface area contributed by atoms with Crippen LogP contribution in [-0.4, -0.2) is 11.1 Å². The summed E-state index contributed by atoms with van der Waals surface area (Å²) in [6, 6.07) is 6.13. The minimum absolute atomic E-state index is 0.129. The van der Waals surface area contributed by atoms with Crippen LogP contribution < -0.4 is 0 Å². The van der Waals surface area contributed by atoms with Gasteiger partial charge in [0.2, 0.25) is 0 Å². The molecule has 0 radical (unpaired) electrons. The van der Waals surface area contributed by atoms with Crippen LogP contribution in [0.5, 0.6) is 0 Å². The molecule has 5 heteroatoms. The van der Waals surface area contributed by atoms with Crippen LogP contribution in [0.1, 0.15) is 29.5 Å². The van der Waals surface area contributed by atoms with Gasteiger partial charge in [-0.3, -0.25) is 4.79 Å². The number of aryl methyl sites for hydroxylation is 1. The number of alkyl halides is 2. The first-order valence-electron chi connectivity index (χ1n) is 5.03. The van der Waals surface area contributed by atoms with E-state index in [1.165, 1.54) is 12.1 Å². The molecule has 0 aromatic heterocycles. The Morgan fingerprint density at radius 3 is 2.71 bits per heavy atom. The molecular weight excluding hydrogens is 228 g/mol. The predicted octanol–water partition coefficient (Wildman–Crippen LogP) is 2.71. The molecule has 0 atom stereocenters. The van der Waals surface area contributed by atoms with E-state index in [4.69, 9.17) is 10.4 Å². The molecule has 1 aromatic carbocycles. The van der Waals surface area contributed by atoms with Crippen molar-refractivity contribution >= 4 is 5.97 Å². The number of carboxylic acid groups (broad SMARTS) is 1. The third-order valence-corrected chi connectivity index (χ3v) is 2.41. The first kappa shape index (κ1) is 13.1. The van der Waals surface area contributed by atoms with Crippen molar-refractivity contribution in [3.8, 4) is 6.07 Å². The van der Waals surface area contributed by atoms with Gasteiger partial charge in [-0.2, -0.15) is 5.26 Å². The fourth-order valence-electron chi connectivity index (χ4n) is 1.63. The molecule has 0 spiro atoms. The van der Waals surface area contributed by atoms with Crippen LogP contribution in [0, 0.1) is 11.3 Å². The molecule has 1 N–H and O–H groups in total. The number of nitrogens with zero attached hydrogens (tertiary/aromatic N) is 1. The molecule has 0 bridgehead atoms. The van der Waals surface area contributed by atoms with Gasteiger partial charge in [-0.15, -0.1) is 0 Å². The lowest BCUT2D eigenvalue weighted by Crippen LogP contribution is -2.03. The lowest BCUT2D eigenvalue weighted by molar-refractivity contribution is -0.136. The highest BCUT2D eigenvalue weighted by Gasteiger charge is 2.16. The molecule has 0 saturated heterocycles. The Bertz CT molecular complexity index is 452. The Morgan fingerprint density at radius 1 is 1.47 bits per heavy atom. The summed E-state index contributed by atoms with van der Waals surface area (Å²) in [7, 11) is 0. The van der Waals surface area contributed by atoms with Crippen molar-refractivity contribution in [3.63, 3.8) is 0 Å². The van der Waals surface area contributed by atoms with Gasteiger partial charge < -0.3 is 5.11 Å². The van der Waals surface area contributed by atoms with Crippen LogP contribution in [0.25, 0.3) is 0 Å². The number of carboxylic acids is 1. The third kappa shape index (κ3) is 3.52. The maximum absolute atomic E-state index is 12.7. The molecule has 0 unspecified atom stereocenters. The lowest BCUT2D eigenvalue weighted by Gasteiger charge is -2.11. The normalized spacial score (nSPS) is 10.2. The lowest BCUT2D eigenvalue weighted by atomic mass is 9.96. The predicted molar refractivity (Wildman–Crippen MR) is 56.7 cm³/mol. The van der Waals surface area contributed by atoms with Crippen molar-refractivity contribution < 1.29 is 18.7 Å². The van der Waals surface area contributed by atoms with Gasteiger partial charge in [0.25, 0.3) is 6.43 Å². The zero-order chi connectivity index (χ0) is 12.8. The molecule has 1 aromatic rings. The van der Waals surface area contributed by atoms with Gasteiger partial charge in [0, 0.05) is 12.0 Å². The van der Waals surface area contributed by atoms with Crippen LogP contribution in [0.2, 0.25) is 0 Å². The standard InChI is InChI=1S/C12H11F2NO2/c13-12(14)10-3-1-2-8(4-5-11(16)17)9(10)6-7-15/h1-3,12H,4-6H2,(H,16,17). The van der Waals surface area contributed by atoms with Crippen LogP contribution in [-0.2, 0) is 17.6 Å². The van der Waals surface area contributed by atoms with Crippen LogP contribution >= 0.6 is 0 Å². The summed E-state index contributed by atoms with van der Waals surface area (Å²) in [5.74, 6) is -0.990. The van der Waals surface area contributed by atoms with Crippen molar-refractivity contribution in [2.75, 3.05) is 0 Å². The second-order valence-corrected chi connectivity index (χ2v) is 3.51. The van der Waals surface area contributed by atoms with Crippen molar-refractivity contribution in [2.45, 2.75) is 25.7 Å². The summed E-state index contributed by atoms with van der Waals surface area (Å²) in [6.45, 7) is 0. The SMILES string of the molecule is N#CCc1c(CCC(=O)O)cccc1C(F)F. The topological polar surface area (TPSA) is 61.1 Å². The van der Waals surface area contributed by atoms with E-state index in [1.807, 2.05) is 6.07 Å². The summed E-state index contributed by atoms with van der Waals surface area (Å²) < 4.78 is 25.4. The second-order valence-electron chi connectivity index (χ2n) is 3.51. The van der Waals surface area contributed by atoms with Gasteiger partial charge >= 0.3 is 5.97 Å². The first-order chi connectivity index (χ1) is 8.06. The van der Waals surface area contributed by atoms with Gasteiger partial charge in [0.1, 0.15) is 0 Å². The summed E-state index contributed by atoms with van der Waals surface area (Å²) in [5, 5.41) is 17.2. The molecule has 0 heterocycles. The molecule has 17 heavy (non-hydrogen) atoms. The van der Waals surface area contributed by atoms with Gasteiger partial charge in [0.15, 0.2) is 0 Å². The Labute approximate surface area is 97.3 Å². The fourth-order valence-corrected chi connectivity index (χ4v) is 1.63. The number of halogens is 2. The molecule has 1 rings (SSSR count). The molecule has 0 amide bonds. The fraction of sp³-hybridized carbons (Fsp3) is 0.333. The minimum Gasteiger partial charge on any atom is -0.481 e. The minimum atomic E-state index is -2.65. The van der Waals surface area contributed by atoms with E-state index in [9.17, 15) is 13.6 Å². The molecular formula is C12H11F2NO2. The van der Waals surface area contributed by atoms with Crippen molar-refractivity contribution in [1.82, 2.24) is 0 Å². The number of benzene rings is 1. The van der Waals surface area contributed by atoms with Crippen molar-refractivity contribution in [1.29, 1.82) is 5.26 Å². The zero-order valence-corrected chi connectivity index (χ0v) is 8.99. The molecule has 0 aliphatic heterocycles. The maximum atomic E-state index is 12.7. The van der Waals surface area contributed by atoms with E-state index in [-0.39, 0.29) is 30.4 Å². The average molecular weight is 239 g/mol. The highest BCUT2D eigenvalue weighted by atomic mass is 19.3. The summed E-state index contributed by atoms with van der Waals surface area (Å²) in [6.07, 6.45) is -2.75. The highest BCUT2D eigenvalue weighted by Crippen LogP contribution is 2.26. The largest absolute Gasteiger partial charge is 0.481 e. The Hall–Kier alpha value is -1.96. The Morgan fingerprint density at radius 2 is 2.18 bits per heavy atom. The van der Waals surface area contributed by atoms with E-state index < -0.39 is 12.4 Å². The van der Waals surface area contributed by atoms with E-state index in [0.717, 1.165) is 0 Å². The van der Waals surface area contributed by atoms with Gasteiger partial charge in [-0.1, -0.05) is 18.2 Å². The third-order valence-electron chi connectivity index (χ3n) is 2.41. The quantitative estimate of drug-likeness (QED) is 0.859. The van der Waals surface area contributed by atoms with Crippen LogP contribution in [0.15, 0.2) is 18.2 Å². The smallest absolute Gasteiger partial charge is 0.303 e. The van der Waals surface area contributed by atoms with E-state index >= 15 is 0 Å². The summed E-state index contributed by atoms with van der Waals surface area (Å²) in [4.78, 5) is 10.4. The molecule has 90 valence electrons. The van der Waals surface area contributed by atoms with Gasteiger partial charge in [-0.05, 0) is 17.5 Å². The van der Waals surface area contributed by atoms with E-state index in [0.29, 0.717) is 5.56 Å². The molecule has 3 nitrogen and oxygen atoms in total. The number of aliphatic carboxylic acids is 1. The molecule has 0 saturated carbocycles. The molecule has 0 aliphatic carbocycles. The molecule has 0 aliphatic rings. The van der Waals surface area contributed by atoms with Gasteiger partial charge in [0.05, 0.1) is 12.5 Å². The first-order valence-corrected chi connectivity index (χ1v) is 5.03. The van der Waals surface area contributed by atoms with Crippen LogP contribution in [0.3, 0.4) is 0 Å². The monoisotopic (exact) mass is 239 g/mol. The van der Waals surface area contributed by atoms with Gasteiger partial charge in [-0.25, -0.2) is 8.78 Å². The maximum Gasteiger partial charge on any atom is 0.303 e. The van der Waals surface area contributed by atoms with Crippen molar-refractivity contribution in [2.24, 2.45) is 0 Å². The van der Waals surface area contributed by atoms with E-state index in [1.54, 1.807) is 6.07 Å². The zero-order valence-electron chi connectivity index (χ0n) is 8.99. The Balaban J connectivity index is 3.07. The number of nitriles is 1. The molecule has 0 fully saturated rings. The van der Waals surface area contributed by atoms with Crippen LogP contribution in [0.4, 0.5) is 8.78 Å². The number of hydrogen-bond donors (Lipinski definition) is 1. The number of hydrogen-bond acceptors (Lipinski definition) is 2. The highest BCUT2D eigenvalue weighted by molar-refractivity contribution is 5.67. The van der Waals surface area contributed by atoms with E-state index in [2.05, 4.69) is 0 Å². The Kier molecular flexibility index (Phi) is 4.58. The average Bonchev–Trinajstić information content (AvgIpc) is 2.27. The number of rotatable bonds is 5.